The molecule has 1 amide bonds. The van der Waals surface area contributed by atoms with E-state index in [-0.39, 0.29) is 11.8 Å². The fourth-order valence-electron chi connectivity index (χ4n) is 2.64. The maximum absolute atomic E-state index is 12.0. The summed E-state index contributed by atoms with van der Waals surface area (Å²) in [7, 11) is 0. The van der Waals surface area contributed by atoms with Gasteiger partial charge in [-0.2, -0.15) is 0 Å². The van der Waals surface area contributed by atoms with Crippen molar-refractivity contribution in [3.8, 4) is 0 Å². The molecule has 1 aliphatic rings. The van der Waals surface area contributed by atoms with Crippen LogP contribution >= 0.6 is 11.3 Å². The average molecular weight is 281 g/mol. The Morgan fingerprint density at radius 2 is 2.21 bits per heavy atom. The quantitative estimate of drug-likeness (QED) is 0.866. The Morgan fingerprint density at radius 1 is 1.47 bits per heavy atom. The molecule has 1 heterocycles. The topological polar surface area (TPSA) is 68.0 Å². The number of aromatic nitrogens is 1. The number of rotatable bonds is 5. The number of nitrogens with zero attached hydrogens (tertiary/aromatic N) is 1. The highest BCUT2D eigenvalue weighted by Crippen LogP contribution is 2.28. The first-order valence-corrected chi connectivity index (χ1v) is 7.95. The summed E-state index contributed by atoms with van der Waals surface area (Å²) in [5.41, 5.74) is 6.74. The minimum atomic E-state index is 0.194. The zero-order valence-electron chi connectivity index (χ0n) is 11.5. The highest BCUT2D eigenvalue weighted by atomic mass is 32.1. The van der Waals surface area contributed by atoms with Crippen molar-refractivity contribution in [1.29, 1.82) is 0 Å². The van der Waals surface area contributed by atoms with Crippen molar-refractivity contribution in [1.82, 2.24) is 10.3 Å². The van der Waals surface area contributed by atoms with Gasteiger partial charge in [-0.05, 0) is 45.1 Å². The van der Waals surface area contributed by atoms with E-state index in [4.69, 9.17) is 5.73 Å². The third kappa shape index (κ3) is 4.28. The summed E-state index contributed by atoms with van der Waals surface area (Å²) in [5.74, 6) is 1.03. The molecule has 0 unspecified atom stereocenters. The highest BCUT2D eigenvalue weighted by molar-refractivity contribution is 7.09. The van der Waals surface area contributed by atoms with Crippen LogP contribution in [0.2, 0.25) is 0 Å². The van der Waals surface area contributed by atoms with Gasteiger partial charge >= 0.3 is 0 Å². The molecular formula is C14H23N3OS. The molecule has 1 aromatic heterocycles. The molecule has 5 heteroatoms. The number of nitrogens with two attached hydrogens (primary N) is 1. The lowest BCUT2D eigenvalue weighted by atomic mass is 9.81. The maximum atomic E-state index is 12.0. The Bertz CT molecular complexity index is 411. The van der Waals surface area contributed by atoms with Crippen LogP contribution < -0.4 is 11.1 Å². The van der Waals surface area contributed by atoms with E-state index < -0.39 is 0 Å². The number of hydrogen-bond donors (Lipinski definition) is 2. The fraction of sp³-hybridized carbons (Fsp3) is 0.714. The van der Waals surface area contributed by atoms with Gasteiger partial charge in [-0.1, -0.05) is 0 Å². The fourth-order valence-corrected chi connectivity index (χ4v) is 3.29. The predicted molar refractivity (Wildman–Crippen MR) is 78.1 cm³/mol. The van der Waals surface area contributed by atoms with Crippen molar-refractivity contribution in [2.24, 2.45) is 17.6 Å². The molecule has 0 atom stereocenters. The van der Waals surface area contributed by atoms with Gasteiger partial charge in [-0.15, -0.1) is 11.3 Å². The monoisotopic (exact) mass is 281 g/mol. The number of nitrogens with one attached hydrogen (secondary N) is 1. The number of hydrogen-bond acceptors (Lipinski definition) is 4. The third-order valence-electron chi connectivity index (χ3n) is 3.90. The third-order valence-corrected chi connectivity index (χ3v) is 4.72. The van der Waals surface area contributed by atoms with E-state index in [1.807, 2.05) is 6.92 Å². The smallest absolute Gasteiger partial charge is 0.223 e. The summed E-state index contributed by atoms with van der Waals surface area (Å²) in [4.78, 5) is 16.4. The van der Waals surface area contributed by atoms with E-state index in [0.717, 1.165) is 49.4 Å². The van der Waals surface area contributed by atoms with Crippen LogP contribution in [-0.4, -0.2) is 24.0 Å². The highest BCUT2D eigenvalue weighted by Gasteiger charge is 2.25. The Morgan fingerprint density at radius 3 is 2.79 bits per heavy atom. The largest absolute Gasteiger partial charge is 0.355 e. The normalized spacial score (nSPS) is 23.3. The van der Waals surface area contributed by atoms with Crippen LogP contribution in [0.25, 0.3) is 0 Å². The first-order valence-electron chi connectivity index (χ1n) is 7.08. The lowest BCUT2D eigenvalue weighted by molar-refractivity contribution is -0.126. The second kappa shape index (κ2) is 7.01. The van der Waals surface area contributed by atoms with Crippen LogP contribution in [0.1, 0.15) is 36.4 Å². The lowest BCUT2D eigenvalue weighted by Crippen LogP contribution is -2.35. The van der Waals surface area contributed by atoms with Gasteiger partial charge in [0.25, 0.3) is 0 Å². The minimum absolute atomic E-state index is 0.194. The number of aryl methyl sites for hydroxylation is 1. The van der Waals surface area contributed by atoms with Gasteiger partial charge in [0.15, 0.2) is 0 Å². The summed E-state index contributed by atoms with van der Waals surface area (Å²) in [5, 5.41) is 6.19. The Labute approximate surface area is 118 Å². The van der Waals surface area contributed by atoms with Crippen LogP contribution in [0.4, 0.5) is 0 Å². The summed E-state index contributed by atoms with van der Waals surface area (Å²) >= 11 is 1.66. The molecule has 0 bridgehead atoms. The van der Waals surface area contributed by atoms with Crippen LogP contribution in [-0.2, 0) is 11.2 Å². The molecule has 106 valence electrons. The number of carbonyl (C=O) groups is 1. The van der Waals surface area contributed by atoms with Crippen LogP contribution in [0.15, 0.2) is 5.38 Å². The molecule has 1 fully saturated rings. The van der Waals surface area contributed by atoms with Crippen LogP contribution in [0, 0.1) is 18.8 Å². The second-order valence-corrected chi connectivity index (χ2v) is 6.41. The van der Waals surface area contributed by atoms with E-state index in [1.54, 1.807) is 11.3 Å². The van der Waals surface area contributed by atoms with Gasteiger partial charge in [-0.3, -0.25) is 4.79 Å². The average Bonchev–Trinajstić information content (AvgIpc) is 2.84. The molecular weight excluding hydrogens is 258 g/mol. The molecule has 0 radical (unpaired) electrons. The molecule has 1 aliphatic carbocycles. The molecule has 4 nitrogen and oxygen atoms in total. The van der Waals surface area contributed by atoms with E-state index in [2.05, 4.69) is 15.7 Å². The van der Waals surface area contributed by atoms with Gasteiger partial charge in [0.05, 0.1) is 10.7 Å². The molecule has 0 aliphatic heterocycles. The molecule has 3 N–H and O–H groups in total. The van der Waals surface area contributed by atoms with Gasteiger partial charge < -0.3 is 11.1 Å². The molecule has 2 rings (SSSR count). The van der Waals surface area contributed by atoms with Crippen molar-refractivity contribution >= 4 is 17.2 Å². The standard InChI is InChI=1S/C14H23N3OS/c1-10-17-13(9-19-10)6-7-16-14(18)12-4-2-11(8-15)3-5-12/h9,11-12H,2-8,15H2,1H3,(H,16,18). The minimum Gasteiger partial charge on any atom is -0.355 e. The number of amides is 1. The number of carbonyl (C=O) groups excluding carboxylic acids is 1. The lowest BCUT2D eigenvalue weighted by Gasteiger charge is -2.26. The van der Waals surface area contributed by atoms with Crippen molar-refractivity contribution in [2.75, 3.05) is 13.1 Å². The van der Waals surface area contributed by atoms with E-state index in [1.165, 1.54) is 0 Å². The molecule has 0 spiro atoms. The maximum Gasteiger partial charge on any atom is 0.223 e. The van der Waals surface area contributed by atoms with Gasteiger partial charge in [0.1, 0.15) is 0 Å². The Hall–Kier alpha value is -0.940. The summed E-state index contributed by atoms with van der Waals surface area (Å²) in [6.45, 7) is 3.46. The zero-order chi connectivity index (χ0) is 13.7. The van der Waals surface area contributed by atoms with Gasteiger partial charge in [0.2, 0.25) is 5.91 Å². The molecule has 19 heavy (non-hydrogen) atoms. The first-order chi connectivity index (χ1) is 9.19. The molecule has 0 saturated heterocycles. The van der Waals surface area contributed by atoms with E-state index >= 15 is 0 Å². The van der Waals surface area contributed by atoms with Crippen LogP contribution in [0.5, 0.6) is 0 Å². The summed E-state index contributed by atoms with van der Waals surface area (Å²) in [6, 6.07) is 0. The Kier molecular flexibility index (Phi) is 5.34. The SMILES string of the molecule is Cc1nc(CCNC(=O)C2CCC(CN)CC2)cs1. The molecule has 1 saturated carbocycles. The van der Waals surface area contributed by atoms with E-state index in [0.29, 0.717) is 12.5 Å². The number of thiazole rings is 1. The van der Waals surface area contributed by atoms with Crippen molar-refractivity contribution in [2.45, 2.75) is 39.0 Å². The Balaban J connectivity index is 1.67. The van der Waals surface area contributed by atoms with E-state index in [9.17, 15) is 4.79 Å². The second-order valence-electron chi connectivity index (χ2n) is 5.35. The zero-order valence-corrected chi connectivity index (χ0v) is 12.3. The predicted octanol–water partition coefficient (Wildman–Crippen LogP) is 1.88. The molecule has 0 aromatic carbocycles. The van der Waals surface area contributed by atoms with Crippen molar-refractivity contribution in [3.63, 3.8) is 0 Å². The summed E-state index contributed by atoms with van der Waals surface area (Å²) in [6.07, 6.45) is 5.00. The van der Waals surface area contributed by atoms with Gasteiger partial charge in [0, 0.05) is 24.3 Å². The summed E-state index contributed by atoms with van der Waals surface area (Å²) < 4.78 is 0. The first kappa shape index (κ1) is 14.5. The van der Waals surface area contributed by atoms with Gasteiger partial charge in [-0.25, -0.2) is 4.98 Å². The molecule has 1 aromatic rings. The van der Waals surface area contributed by atoms with Crippen LogP contribution in [0.3, 0.4) is 0 Å². The van der Waals surface area contributed by atoms with Crippen molar-refractivity contribution in [3.05, 3.63) is 16.1 Å². The van der Waals surface area contributed by atoms with Crippen molar-refractivity contribution < 1.29 is 4.79 Å².